The first-order chi connectivity index (χ1) is 15.6. The lowest BCUT2D eigenvalue weighted by molar-refractivity contribution is 0.0474. The highest BCUT2D eigenvalue weighted by Gasteiger charge is 2.26. The van der Waals surface area contributed by atoms with Crippen LogP contribution in [0.4, 0.5) is 0 Å². The lowest BCUT2D eigenvalue weighted by Gasteiger charge is -2.22. The molecule has 0 N–H and O–H groups in total. The molecule has 0 atom stereocenters. The van der Waals surface area contributed by atoms with Crippen molar-refractivity contribution in [2.45, 2.75) is 25.9 Å². The van der Waals surface area contributed by atoms with Crippen molar-refractivity contribution >= 4 is 63.1 Å². The molecule has 32 heavy (non-hydrogen) atoms. The third kappa shape index (κ3) is 4.06. The van der Waals surface area contributed by atoms with E-state index in [0.717, 1.165) is 47.0 Å². The van der Waals surface area contributed by atoms with Crippen LogP contribution in [0, 0.1) is 0 Å². The summed E-state index contributed by atoms with van der Waals surface area (Å²) < 4.78 is 5.74. The van der Waals surface area contributed by atoms with Gasteiger partial charge in [-0.25, -0.2) is 9.78 Å². The highest BCUT2D eigenvalue weighted by Crippen LogP contribution is 2.37. The van der Waals surface area contributed by atoms with Crippen molar-refractivity contribution in [1.82, 2.24) is 4.98 Å². The summed E-state index contributed by atoms with van der Waals surface area (Å²) in [7, 11) is 0. The Morgan fingerprint density at radius 2 is 1.84 bits per heavy atom. The van der Waals surface area contributed by atoms with Crippen molar-refractivity contribution in [3.05, 3.63) is 97.3 Å². The first kappa shape index (κ1) is 21.2. The number of thiophene rings is 1. The molecule has 0 saturated heterocycles. The standard InChI is InChI=1S/C26H19Cl2NO2S/c27-21-10-4-11-22(28)20(21)15-31-26(30)24-18-8-1-2-12-23(18)29-25-16(6-3-9-19(24)25)14-17-7-5-13-32-17/h1-2,4-5,7-8,10-14H,3,6,9,15H2. The van der Waals surface area contributed by atoms with Crippen LogP contribution in [0.1, 0.15) is 44.9 Å². The number of allylic oxidation sites excluding steroid dienone is 1. The monoisotopic (exact) mass is 479 g/mol. The lowest BCUT2D eigenvalue weighted by Crippen LogP contribution is -2.15. The van der Waals surface area contributed by atoms with E-state index in [1.54, 1.807) is 29.5 Å². The van der Waals surface area contributed by atoms with Crippen LogP contribution in [-0.4, -0.2) is 11.0 Å². The van der Waals surface area contributed by atoms with Crippen molar-refractivity contribution in [3.8, 4) is 0 Å². The number of rotatable bonds is 4. The largest absolute Gasteiger partial charge is 0.457 e. The van der Waals surface area contributed by atoms with Crippen LogP contribution in [0.5, 0.6) is 0 Å². The molecule has 0 amide bonds. The zero-order valence-corrected chi connectivity index (χ0v) is 19.4. The number of para-hydroxylation sites is 1. The van der Waals surface area contributed by atoms with E-state index < -0.39 is 0 Å². The van der Waals surface area contributed by atoms with E-state index in [1.807, 2.05) is 30.3 Å². The van der Waals surface area contributed by atoms with Crippen LogP contribution in [-0.2, 0) is 17.8 Å². The SMILES string of the molecule is O=C(OCc1c(Cl)cccc1Cl)c1c2c(nc3ccccc13)C(=Cc1cccs1)CCC2. The number of hydrogen-bond acceptors (Lipinski definition) is 4. The minimum absolute atomic E-state index is 0.0145. The molecular weight excluding hydrogens is 461 g/mol. The zero-order valence-electron chi connectivity index (χ0n) is 17.1. The number of hydrogen-bond donors (Lipinski definition) is 0. The van der Waals surface area contributed by atoms with Crippen molar-refractivity contribution in [1.29, 1.82) is 0 Å². The van der Waals surface area contributed by atoms with Crippen molar-refractivity contribution in [2.24, 2.45) is 0 Å². The molecule has 1 aliphatic rings. The van der Waals surface area contributed by atoms with Crippen LogP contribution in [0.25, 0.3) is 22.6 Å². The van der Waals surface area contributed by atoms with Crippen molar-refractivity contribution < 1.29 is 9.53 Å². The highest BCUT2D eigenvalue weighted by molar-refractivity contribution is 7.10. The van der Waals surface area contributed by atoms with Crippen LogP contribution in [0.3, 0.4) is 0 Å². The molecule has 2 aromatic carbocycles. The Hall–Kier alpha value is -2.66. The average molecular weight is 480 g/mol. The van der Waals surface area contributed by atoms with Gasteiger partial charge < -0.3 is 4.74 Å². The second-order valence-corrected chi connectivity index (χ2v) is 9.44. The van der Waals surface area contributed by atoms with Gasteiger partial charge in [-0.05, 0) is 66.1 Å². The fraction of sp³-hybridized carbons (Fsp3) is 0.154. The molecule has 0 radical (unpaired) electrons. The molecular formula is C26H19Cl2NO2S. The van der Waals surface area contributed by atoms with Gasteiger partial charge in [-0.15, -0.1) is 11.3 Å². The molecule has 0 spiro atoms. The number of esters is 1. The molecule has 0 unspecified atom stereocenters. The maximum absolute atomic E-state index is 13.4. The minimum atomic E-state index is -0.381. The van der Waals surface area contributed by atoms with Crippen LogP contribution >= 0.6 is 34.5 Å². The van der Waals surface area contributed by atoms with E-state index in [1.165, 1.54) is 4.88 Å². The highest BCUT2D eigenvalue weighted by atomic mass is 35.5. The van der Waals surface area contributed by atoms with Gasteiger partial charge in [0.05, 0.1) is 16.8 Å². The lowest BCUT2D eigenvalue weighted by atomic mass is 9.86. The molecule has 5 rings (SSSR count). The van der Waals surface area contributed by atoms with Gasteiger partial charge in [0.25, 0.3) is 0 Å². The quantitative estimate of drug-likeness (QED) is 0.279. The van der Waals surface area contributed by atoms with Crippen molar-refractivity contribution in [2.75, 3.05) is 0 Å². The summed E-state index contributed by atoms with van der Waals surface area (Å²) in [4.78, 5) is 19.5. The van der Waals surface area contributed by atoms with E-state index in [9.17, 15) is 4.79 Å². The Balaban J connectivity index is 1.59. The van der Waals surface area contributed by atoms with Gasteiger partial charge in [0.1, 0.15) is 6.61 Å². The average Bonchev–Trinajstić information content (AvgIpc) is 3.30. The molecule has 0 aliphatic heterocycles. The van der Waals surface area contributed by atoms with Crippen LogP contribution in [0.15, 0.2) is 60.0 Å². The Labute approximate surface area is 200 Å². The molecule has 2 heterocycles. The summed E-state index contributed by atoms with van der Waals surface area (Å²) in [5.74, 6) is -0.381. The second kappa shape index (κ2) is 9.07. The van der Waals surface area contributed by atoms with E-state index in [0.29, 0.717) is 21.2 Å². The number of halogens is 2. The van der Waals surface area contributed by atoms with E-state index in [2.05, 4.69) is 17.5 Å². The topological polar surface area (TPSA) is 39.2 Å². The van der Waals surface area contributed by atoms with Crippen LogP contribution in [0.2, 0.25) is 10.0 Å². The molecule has 3 nitrogen and oxygen atoms in total. The fourth-order valence-electron chi connectivity index (χ4n) is 4.13. The maximum atomic E-state index is 13.4. The van der Waals surface area contributed by atoms with E-state index >= 15 is 0 Å². The number of aromatic nitrogens is 1. The molecule has 160 valence electrons. The summed E-state index contributed by atoms with van der Waals surface area (Å²) >= 11 is 14.2. The Morgan fingerprint density at radius 1 is 1.03 bits per heavy atom. The zero-order chi connectivity index (χ0) is 22.1. The molecule has 4 aromatic rings. The maximum Gasteiger partial charge on any atom is 0.339 e. The Morgan fingerprint density at radius 3 is 2.62 bits per heavy atom. The predicted octanol–water partition coefficient (Wildman–Crippen LogP) is 7.84. The summed E-state index contributed by atoms with van der Waals surface area (Å²) in [5, 5.41) is 3.83. The predicted molar refractivity (Wildman–Crippen MR) is 132 cm³/mol. The summed E-state index contributed by atoms with van der Waals surface area (Å²) in [6.07, 6.45) is 4.86. The summed E-state index contributed by atoms with van der Waals surface area (Å²) in [6.45, 7) is 0.0145. The molecule has 2 aromatic heterocycles. The minimum Gasteiger partial charge on any atom is -0.457 e. The molecule has 0 saturated carbocycles. The van der Waals surface area contributed by atoms with Gasteiger partial charge in [-0.2, -0.15) is 0 Å². The van der Waals surface area contributed by atoms with Crippen molar-refractivity contribution in [3.63, 3.8) is 0 Å². The third-order valence-corrected chi connectivity index (χ3v) is 7.17. The number of ether oxygens (including phenoxy) is 1. The summed E-state index contributed by atoms with van der Waals surface area (Å²) in [5.41, 5.74) is 4.98. The van der Waals surface area contributed by atoms with E-state index in [4.69, 9.17) is 32.9 Å². The van der Waals surface area contributed by atoms with Gasteiger partial charge in [0, 0.05) is 25.9 Å². The number of carbonyl (C=O) groups excluding carboxylic acids is 1. The van der Waals surface area contributed by atoms with Gasteiger partial charge in [0.15, 0.2) is 0 Å². The fourth-order valence-corrected chi connectivity index (χ4v) is 5.32. The van der Waals surface area contributed by atoms with E-state index in [-0.39, 0.29) is 12.6 Å². The second-order valence-electron chi connectivity index (χ2n) is 7.65. The normalized spacial score (nSPS) is 14.5. The first-order valence-corrected chi connectivity index (χ1v) is 12.0. The van der Waals surface area contributed by atoms with Gasteiger partial charge in [-0.3, -0.25) is 0 Å². The Kier molecular flexibility index (Phi) is 6.01. The molecule has 1 aliphatic carbocycles. The van der Waals surface area contributed by atoms with Gasteiger partial charge in [0.2, 0.25) is 0 Å². The van der Waals surface area contributed by atoms with Gasteiger partial charge >= 0.3 is 5.97 Å². The van der Waals surface area contributed by atoms with Crippen LogP contribution < -0.4 is 0 Å². The Bertz CT molecular complexity index is 1330. The third-order valence-electron chi connectivity index (χ3n) is 5.64. The number of carbonyl (C=O) groups is 1. The van der Waals surface area contributed by atoms with Gasteiger partial charge in [-0.1, -0.05) is 53.5 Å². The molecule has 6 heteroatoms. The number of pyridine rings is 1. The first-order valence-electron chi connectivity index (χ1n) is 10.4. The number of nitrogens with zero attached hydrogens (tertiary/aromatic N) is 1. The summed E-state index contributed by atoms with van der Waals surface area (Å²) in [6, 6.07) is 17.1. The number of fused-ring (bicyclic) bond motifs is 2. The molecule has 0 fully saturated rings. The molecule has 0 bridgehead atoms. The smallest absolute Gasteiger partial charge is 0.339 e. The number of benzene rings is 2.